The van der Waals surface area contributed by atoms with Gasteiger partial charge in [-0.05, 0) is 55.8 Å². The molecule has 1 aromatic heterocycles. The fourth-order valence-electron chi connectivity index (χ4n) is 2.89. The highest BCUT2D eigenvalue weighted by atomic mass is 35.5. The van der Waals surface area contributed by atoms with Crippen molar-refractivity contribution < 1.29 is 4.42 Å². The average molecular weight is 307 g/mol. The van der Waals surface area contributed by atoms with Crippen LogP contribution in [-0.2, 0) is 6.42 Å². The summed E-state index contributed by atoms with van der Waals surface area (Å²) >= 11 is 5.67. The summed E-state index contributed by atoms with van der Waals surface area (Å²) in [5.74, 6) is 0. The number of piperidine rings is 1. The number of halogens is 1. The van der Waals surface area contributed by atoms with Gasteiger partial charge in [-0.3, -0.25) is 0 Å². The molecule has 0 atom stereocenters. The van der Waals surface area contributed by atoms with E-state index in [2.05, 4.69) is 9.74 Å². The highest BCUT2D eigenvalue weighted by Crippen LogP contribution is 2.18. The number of hydrogen-bond acceptors (Lipinski definition) is 4. The van der Waals surface area contributed by atoms with E-state index in [4.69, 9.17) is 16.2 Å². The Kier molecular flexibility index (Phi) is 4.58. The summed E-state index contributed by atoms with van der Waals surface area (Å²) in [6.45, 7) is 3.09. The van der Waals surface area contributed by atoms with Gasteiger partial charge >= 0.3 is 5.63 Å². The van der Waals surface area contributed by atoms with Crippen molar-refractivity contribution in [2.45, 2.75) is 25.3 Å². The van der Waals surface area contributed by atoms with Crippen LogP contribution in [0.2, 0.25) is 0 Å². The first kappa shape index (κ1) is 14.6. The third-order valence-electron chi connectivity index (χ3n) is 4.17. The number of fused-ring (bicyclic) bond motifs is 1. The van der Waals surface area contributed by atoms with Crippen LogP contribution in [0.4, 0.5) is 0 Å². The number of benzene rings is 1. The van der Waals surface area contributed by atoms with Gasteiger partial charge in [-0.25, -0.2) is 9.63 Å². The second kappa shape index (κ2) is 6.60. The van der Waals surface area contributed by atoms with E-state index in [0.29, 0.717) is 6.04 Å². The molecule has 1 fully saturated rings. The van der Waals surface area contributed by atoms with E-state index in [1.807, 2.05) is 24.3 Å². The van der Waals surface area contributed by atoms with Crippen molar-refractivity contribution in [3.63, 3.8) is 0 Å². The van der Waals surface area contributed by atoms with Crippen molar-refractivity contribution >= 4 is 22.7 Å². The molecule has 0 unspecified atom stereocenters. The Hall–Kier alpha value is -1.36. The molecule has 1 saturated heterocycles. The van der Waals surface area contributed by atoms with Gasteiger partial charge in [0.1, 0.15) is 5.58 Å². The fraction of sp³-hybridized carbons (Fsp3) is 0.438. The van der Waals surface area contributed by atoms with Gasteiger partial charge < -0.3 is 9.32 Å². The first-order valence-corrected chi connectivity index (χ1v) is 7.74. The molecule has 0 bridgehead atoms. The van der Waals surface area contributed by atoms with E-state index in [1.165, 1.54) is 6.07 Å². The fourth-order valence-corrected chi connectivity index (χ4v) is 3.11. The lowest BCUT2D eigenvalue weighted by atomic mass is 10.0. The first-order chi connectivity index (χ1) is 10.3. The molecular weight excluding hydrogens is 288 g/mol. The van der Waals surface area contributed by atoms with Crippen LogP contribution < -0.4 is 10.5 Å². The van der Waals surface area contributed by atoms with Crippen molar-refractivity contribution in [2.75, 3.05) is 19.6 Å². The van der Waals surface area contributed by atoms with Gasteiger partial charge in [0.2, 0.25) is 0 Å². The third-order valence-corrected chi connectivity index (χ3v) is 4.48. The monoisotopic (exact) mass is 306 g/mol. The van der Waals surface area contributed by atoms with E-state index in [-0.39, 0.29) is 5.63 Å². The number of para-hydroxylation sites is 1. The average Bonchev–Trinajstić information content (AvgIpc) is 2.53. The van der Waals surface area contributed by atoms with Gasteiger partial charge in [-0.1, -0.05) is 18.2 Å². The highest BCUT2D eigenvalue weighted by Gasteiger charge is 2.18. The molecule has 112 valence electrons. The van der Waals surface area contributed by atoms with E-state index in [9.17, 15) is 4.79 Å². The van der Waals surface area contributed by atoms with Crippen LogP contribution in [0.3, 0.4) is 0 Å². The van der Waals surface area contributed by atoms with E-state index >= 15 is 0 Å². The second-order valence-electron chi connectivity index (χ2n) is 5.56. The molecule has 0 aliphatic carbocycles. The van der Waals surface area contributed by atoms with Crippen LogP contribution in [-0.4, -0.2) is 30.6 Å². The number of nitrogens with one attached hydrogen (secondary N) is 1. The number of rotatable bonds is 4. The van der Waals surface area contributed by atoms with Gasteiger partial charge in [0, 0.05) is 24.0 Å². The van der Waals surface area contributed by atoms with Crippen LogP contribution in [0.1, 0.15) is 18.4 Å². The second-order valence-corrected chi connectivity index (χ2v) is 5.78. The third kappa shape index (κ3) is 3.46. The maximum Gasteiger partial charge on any atom is 0.336 e. The first-order valence-electron chi connectivity index (χ1n) is 7.36. The molecule has 0 radical (unpaired) electrons. The molecule has 2 aromatic rings. The molecule has 21 heavy (non-hydrogen) atoms. The normalized spacial score (nSPS) is 17.4. The van der Waals surface area contributed by atoms with Crippen LogP contribution in [0.25, 0.3) is 11.0 Å². The number of likely N-dealkylation sites (tertiary alicyclic amines) is 1. The molecule has 0 spiro atoms. The van der Waals surface area contributed by atoms with Crippen LogP contribution in [0, 0.1) is 0 Å². The number of hydrogen-bond donors (Lipinski definition) is 1. The Morgan fingerprint density at radius 1 is 1.24 bits per heavy atom. The zero-order chi connectivity index (χ0) is 14.7. The zero-order valence-corrected chi connectivity index (χ0v) is 12.6. The summed E-state index contributed by atoms with van der Waals surface area (Å²) in [6.07, 6.45) is 3.05. The standard InChI is InChI=1S/C16H19ClN2O2/c17-18-14-7-10-19(11-8-14)9-6-13-3-1-2-12-4-5-15(20)21-16(12)13/h1-5,14,18H,6-11H2. The Bertz CT molecular complexity index is 663. The Morgan fingerprint density at radius 2 is 2.05 bits per heavy atom. The highest BCUT2D eigenvalue weighted by molar-refractivity contribution is 6.13. The van der Waals surface area contributed by atoms with Crippen LogP contribution in [0.15, 0.2) is 39.5 Å². The minimum absolute atomic E-state index is 0.288. The Labute approximate surface area is 128 Å². The van der Waals surface area contributed by atoms with Crippen molar-refractivity contribution in [3.05, 3.63) is 46.3 Å². The largest absolute Gasteiger partial charge is 0.422 e. The maximum atomic E-state index is 11.4. The summed E-state index contributed by atoms with van der Waals surface area (Å²) in [5, 5.41) is 0.983. The topological polar surface area (TPSA) is 45.5 Å². The maximum absolute atomic E-state index is 11.4. The van der Waals surface area contributed by atoms with E-state index < -0.39 is 0 Å². The van der Waals surface area contributed by atoms with Crippen molar-refractivity contribution in [1.29, 1.82) is 0 Å². The summed E-state index contributed by atoms with van der Waals surface area (Å²) in [4.78, 5) is 16.7. The minimum Gasteiger partial charge on any atom is -0.422 e. The molecule has 5 heteroatoms. The molecule has 4 nitrogen and oxygen atoms in total. The molecular formula is C16H19ClN2O2. The molecule has 0 saturated carbocycles. The van der Waals surface area contributed by atoms with Gasteiger partial charge in [0.05, 0.1) is 0 Å². The molecule has 1 aliphatic rings. The molecule has 1 aliphatic heterocycles. The SMILES string of the molecule is O=c1ccc2cccc(CCN3CCC(NCl)CC3)c2o1. The molecule has 3 rings (SSSR count). The zero-order valence-electron chi connectivity index (χ0n) is 11.8. The molecule has 1 N–H and O–H groups in total. The summed E-state index contributed by atoms with van der Waals surface area (Å²) in [5.41, 5.74) is 1.54. The van der Waals surface area contributed by atoms with Gasteiger partial charge in [0.15, 0.2) is 0 Å². The molecule has 1 aromatic carbocycles. The lowest BCUT2D eigenvalue weighted by Crippen LogP contribution is -2.40. The molecule has 0 amide bonds. The van der Waals surface area contributed by atoms with Gasteiger partial charge in [-0.2, -0.15) is 0 Å². The van der Waals surface area contributed by atoms with Crippen LogP contribution >= 0.6 is 11.8 Å². The minimum atomic E-state index is -0.288. The number of nitrogens with zero attached hydrogens (tertiary/aromatic N) is 1. The lowest BCUT2D eigenvalue weighted by molar-refractivity contribution is 0.210. The summed E-state index contributed by atoms with van der Waals surface area (Å²) in [6, 6.07) is 9.75. The van der Waals surface area contributed by atoms with E-state index in [0.717, 1.165) is 55.4 Å². The van der Waals surface area contributed by atoms with Gasteiger partial charge in [-0.15, -0.1) is 0 Å². The Balaban J connectivity index is 1.68. The van der Waals surface area contributed by atoms with Crippen molar-refractivity contribution in [3.8, 4) is 0 Å². The van der Waals surface area contributed by atoms with Crippen molar-refractivity contribution in [1.82, 2.24) is 9.74 Å². The predicted molar refractivity (Wildman–Crippen MR) is 84.6 cm³/mol. The molecule has 2 heterocycles. The predicted octanol–water partition coefficient (Wildman–Crippen LogP) is 2.54. The summed E-state index contributed by atoms with van der Waals surface area (Å²) in [7, 11) is 0. The summed E-state index contributed by atoms with van der Waals surface area (Å²) < 4.78 is 5.37. The quantitative estimate of drug-likeness (QED) is 0.696. The lowest BCUT2D eigenvalue weighted by Gasteiger charge is -2.31. The Morgan fingerprint density at radius 3 is 2.81 bits per heavy atom. The smallest absolute Gasteiger partial charge is 0.336 e. The van der Waals surface area contributed by atoms with Gasteiger partial charge in [0.25, 0.3) is 0 Å². The van der Waals surface area contributed by atoms with E-state index in [1.54, 1.807) is 0 Å². The van der Waals surface area contributed by atoms with Crippen LogP contribution in [0.5, 0.6) is 0 Å². The van der Waals surface area contributed by atoms with Crippen molar-refractivity contribution in [2.24, 2.45) is 0 Å².